The molecule has 2 aromatic rings. The van der Waals surface area contributed by atoms with Crippen molar-refractivity contribution in [3.63, 3.8) is 0 Å². The smallest absolute Gasteiger partial charge is 0.326 e. The molecule has 5 N–H and O–H groups in total. The maximum absolute atomic E-state index is 11.0. The van der Waals surface area contributed by atoms with Crippen molar-refractivity contribution in [3.8, 4) is 0 Å². The van der Waals surface area contributed by atoms with Gasteiger partial charge in [0.05, 0.1) is 17.6 Å². The second-order valence-corrected chi connectivity index (χ2v) is 4.50. The number of aryl methyl sites for hydroxylation is 1. The zero-order chi connectivity index (χ0) is 13.3. The molecule has 0 spiro atoms. The van der Waals surface area contributed by atoms with Gasteiger partial charge in [-0.25, -0.2) is 4.98 Å². The van der Waals surface area contributed by atoms with Crippen LogP contribution < -0.4 is 5.73 Å². The molecule has 0 saturated heterocycles. The monoisotopic (exact) mass is 249 g/mol. The Labute approximate surface area is 103 Å². The van der Waals surface area contributed by atoms with E-state index in [-0.39, 0.29) is 6.42 Å². The van der Waals surface area contributed by atoms with E-state index in [1.54, 1.807) is 0 Å². The van der Waals surface area contributed by atoms with Crippen LogP contribution in [0, 0.1) is 6.92 Å². The van der Waals surface area contributed by atoms with Crippen LogP contribution in [0.5, 0.6) is 0 Å². The third-order valence-electron chi connectivity index (χ3n) is 2.88. The van der Waals surface area contributed by atoms with Gasteiger partial charge in [0.1, 0.15) is 11.4 Å². The van der Waals surface area contributed by atoms with Gasteiger partial charge in [0.25, 0.3) is 0 Å². The minimum Gasteiger partial charge on any atom is -0.480 e. The zero-order valence-corrected chi connectivity index (χ0v) is 9.97. The van der Waals surface area contributed by atoms with Crippen LogP contribution in [0.4, 0.5) is 0 Å². The summed E-state index contributed by atoms with van der Waals surface area (Å²) in [6, 6.07) is 5.69. The zero-order valence-electron chi connectivity index (χ0n) is 9.97. The fourth-order valence-corrected chi connectivity index (χ4v) is 1.76. The lowest BCUT2D eigenvalue weighted by Gasteiger charge is -2.20. The summed E-state index contributed by atoms with van der Waals surface area (Å²) in [5, 5.41) is 18.1. The highest BCUT2D eigenvalue weighted by molar-refractivity contribution is 5.80. The molecule has 0 radical (unpaired) electrons. The number of aromatic nitrogens is 2. The second kappa shape index (κ2) is 4.40. The van der Waals surface area contributed by atoms with E-state index in [1.165, 1.54) is 0 Å². The topological polar surface area (TPSA) is 112 Å². The van der Waals surface area contributed by atoms with Gasteiger partial charge in [0, 0.05) is 6.42 Å². The summed E-state index contributed by atoms with van der Waals surface area (Å²) in [7, 11) is 0. The van der Waals surface area contributed by atoms with E-state index < -0.39 is 18.1 Å². The second-order valence-electron chi connectivity index (χ2n) is 4.50. The largest absolute Gasteiger partial charge is 0.480 e. The summed E-state index contributed by atoms with van der Waals surface area (Å²) in [6.07, 6.45) is -0.0490. The molecule has 0 fully saturated rings. The number of nitrogens with one attached hydrogen (secondary N) is 1. The van der Waals surface area contributed by atoms with Crippen LogP contribution in [0.1, 0.15) is 11.4 Å². The summed E-state index contributed by atoms with van der Waals surface area (Å²) in [5.41, 5.74) is 6.57. The molecule has 1 heterocycles. The number of carbonyl (C=O) groups is 1. The van der Waals surface area contributed by atoms with Gasteiger partial charge in [-0.3, -0.25) is 4.79 Å². The van der Waals surface area contributed by atoms with Gasteiger partial charge in [0.15, 0.2) is 0 Å². The molecule has 1 aromatic heterocycles. The van der Waals surface area contributed by atoms with Crippen LogP contribution in [0.15, 0.2) is 18.2 Å². The van der Waals surface area contributed by atoms with Crippen LogP contribution >= 0.6 is 0 Å². The Kier molecular flexibility index (Phi) is 3.06. The fourth-order valence-electron chi connectivity index (χ4n) is 1.76. The summed E-state index contributed by atoms with van der Waals surface area (Å²) in [4.78, 5) is 18.3. The van der Waals surface area contributed by atoms with Gasteiger partial charge < -0.3 is 20.9 Å². The van der Waals surface area contributed by atoms with Crippen LogP contribution in [-0.4, -0.2) is 38.3 Å². The Morgan fingerprint density at radius 3 is 2.89 bits per heavy atom. The van der Waals surface area contributed by atoms with Crippen LogP contribution in [0.2, 0.25) is 0 Å². The van der Waals surface area contributed by atoms with Crippen LogP contribution in [-0.2, 0) is 11.2 Å². The molecule has 0 aliphatic rings. The maximum Gasteiger partial charge on any atom is 0.326 e. The standard InChI is InChI=1S/C12H15N3O3/c1-7-2-3-8-9(4-7)15-10(14-8)5-12(13,6-16)11(17)18/h2-4,16H,5-6,13H2,1H3,(H,14,15)(H,17,18). The molecule has 0 aliphatic carbocycles. The van der Waals surface area contributed by atoms with Crippen molar-refractivity contribution in [2.75, 3.05) is 6.61 Å². The average Bonchev–Trinajstić information content (AvgIpc) is 2.69. The Hall–Kier alpha value is -1.92. The number of nitrogens with two attached hydrogens (primary N) is 1. The molecular weight excluding hydrogens is 234 g/mol. The number of imidazole rings is 1. The molecule has 1 atom stereocenters. The number of aliphatic hydroxyl groups is 1. The highest BCUT2D eigenvalue weighted by Gasteiger charge is 2.34. The highest BCUT2D eigenvalue weighted by Crippen LogP contribution is 2.16. The number of hydrogen-bond donors (Lipinski definition) is 4. The van der Waals surface area contributed by atoms with E-state index in [0.717, 1.165) is 16.6 Å². The number of rotatable bonds is 4. The number of benzene rings is 1. The van der Waals surface area contributed by atoms with Gasteiger partial charge in [0.2, 0.25) is 0 Å². The van der Waals surface area contributed by atoms with E-state index in [4.69, 9.17) is 15.9 Å². The Balaban J connectivity index is 2.35. The van der Waals surface area contributed by atoms with E-state index in [2.05, 4.69) is 9.97 Å². The van der Waals surface area contributed by atoms with Crippen LogP contribution in [0.25, 0.3) is 11.0 Å². The number of aromatic amines is 1. The van der Waals surface area contributed by atoms with Crippen molar-refractivity contribution >= 4 is 17.0 Å². The normalized spacial score (nSPS) is 14.6. The van der Waals surface area contributed by atoms with Gasteiger partial charge in [-0.15, -0.1) is 0 Å². The number of aliphatic hydroxyl groups excluding tert-OH is 1. The fraction of sp³-hybridized carbons (Fsp3) is 0.333. The van der Waals surface area contributed by atoms with E-state index in [9.17, 15) is 4.79 Å². The third kappa shape index (κ3) is 2.20. The first-order valence-electron chi connectivity index (χ1n) is 5.53. The van der Waals surface area contributed by atoms with Crippen molar-refractivity contribution in [2.24, 2.45) is 5.73 Å². The highest BCUT2D eigenvalue weighted by atomic mass is 16.4. The predicted molar refractivity (Wildman–Crippen MR) is 66.2 cm³/mol. The summed E-state index contributed by atoms with van der Waals surface area (Å²) >= 11 is 0. The molecule has 0 bridgehead atoms. The summed E-state index contributed by atoms with van der Waals surface area (Å²) < 4.78 is 0. The summed E-state index contributed by atoms with van der Waals surface area (Å²) in [6.45, 7) is 1.32. The lowest BCUT2D eigenvalue weighted by molar-refractivity contribution is -0.144. The maximum atomic E-state index is 11.0. The van der Waals surface area contributed by atoms with Crippen LogP contribution in [0.3, 0.4) is 0 Å². The third-order valence-corrected chi connectivity index (χ3v) is 2.88. The molecule has 1 aromatic carbocycles. The molecule has 0 aliphatic heterocycles. The van der Waals surface area contributed by atoms with Gasteiger partial charge in [-0.2, -0.15) is 0 Å². The number of nitrogens with zero attached hydrogens (tertiary/aromatic N) is 1. The van der Waals surface area contributed by atoms with Gasteiger partial charge in [-0.1, -0.05) is 6.07 Å². The van der Waals surface area contributed by atoms with Gasteiger partial charge in [-0.05, 0) is 24.6 Å². The Morgan fingerprint density at radius 2 is 2.28 bits per heavy atom. The molecule has 2 rings (SSSR count). The van der Waals surface area contributed by atoms with Crippen molar-refractivity contribution < 1.29 is 15.0 Å². The molecule has 6 heteroatoms. The van der Waals surface area contributed by atoms with E-state index in [0.29, 0.717) is 5.82 Å². The van der Waals surface area contributed by atoms with Crippen molar-refractivity contribution in [1.82, 2.24) is 9.97 Å². The Morgan fingerprint density at radius 1 is 1.56 bits per heavy atom. The summed E-state index contributed by atoms with van der Waals surface area (Å²) in [5.74, 6) is -0.795. The molecular formula is C12H15N3O3. The molecule has 0 amide bonds. The lowest BCUT2D eigenvalue weighted by atomic mass is 9.98. The molecule has 18 heavy (non-hydrogen) atoms. The first kappa shape index (κ1) is 12.5. The SMILES string of the molecule is Cc1ccc2nc(CC(N)(CO)C(=O)O)[nH]c2c1. The minimum absolute atomic E-state index is 0.0490. The number of fused-ring (bicyclic) bond motifs is 1. The quantitative estimate of drug-likeness (QED) is 0.618. The number of carboxylic acid groups (broad SMARTS) is 1. The van der Waals surface area contributed by atoms with E-state index in [1.807, 2.05) is 25.1 Å². The van der Waals surface area contributed by atoms with Crippen molar-refractivity contribution in [1.29, 1.82) is 0 Å². The first-order chi connectivity index (χ1) is 8.44. The van der Waals surface area contributed by atoms with Crippen molar-refractivity contribution in [3.05, 3.63) is 29.6 Å². The molecule has 0 saturated carbocycles. The Bertz CT molecular complexity index is 593. The molecule has 1 unspecified atom stereocenters. The molecule has 96 valence electrons. The number of H-pyrrole nitrogens is 1. The average molecular weight is 249 g/mol. The first-order valence-corrected chi connectivity index (χ1v) is 5.53. The predicted octanol–water partition coefficient (Wildman–Crippen LogP) is 0.188. The number of carboxylic acids is 1. The minimum atomic E-state index is -1.71. The number of aliphatic carboxylic acids is 1. The number of hydrogen-bond acceptors (Lipinski definition) is 4. The lowest BCUT2D eigenvalue weighted by Crippen LogP contribution is -2.53. The molecule has 6 nitrogen and oxygen atoms in total. The van der Waals surface area contributed by atoms with E-state index >= 15 is 0 Å². The van der Waals surface area contributed by atoms with Crippen molar-refractivity contribution in [2.45, 2.75) is 18.9 Å². The van der Waals surface area contributed by atoms with Gasteiger partial charge >= 0.3 is 5.97 Å².